The summed E-state index contributed by atoms with van der Waals surface area (Å²) in [7, 11) is 0. The number of hydrogen-bond acceptors (Lipinski definition) is 1. The third kappa shape index (κ3) is 4.75. The first kappa shape index (κ1) is 22.5. The third-order valence-corrected chi connectivity index (χ3v) is 5.38. The number of hydrogen-bond donors (Lipinski definition) is 0. The van der Waals surface area contributed by atoms with Crippen LogP contribution in [0.1, 0.15) is 12.0 Å². The molecule has 0 atom stereocenters. The summed E-state index contributed by atoms with van der Waals surface area (Å²) in [6.07, 6.45) is 3.40. The summed E-state index contributed by atoms with van der Waals surface area (Å²) < 4.78 is 73.9. The Morgan fingerprint density at radius 1 is 0.818 bits per heavy atom. The molecule has 0 saturated carbocycles. The van der Waals surface area contributed by atoms with E-state index in [0.29, 0.717) is 10.8 Å². The van der Waals surface area contributed by atoms with Crippen LogP contribution < -0.4 is 4.74 Å². The van der Waals surface area contributed by atoms with Gasteiger partial charge in [-0.3, -0.25) is 0 Å². The maximum Gasteiger partial charge on any atom is 0.387 e. The second-order valence-electron chi connectivity index (χ2n) is 7.53. The molecule has 4 aromatic rings. The Bertz CT molecular complexity index is 1290. The first-order valence-corrected chi connectivity index (χ1v) is 10.2. The first-order valence-electron chi connectivity index (χ1n) is 10.2. The molecular weight excluding hydrogens is 435 g/mol. The van der Waals surface area contributed by atoms with Crippen LogP contribution >= 0.6 is 0 Å². The van der Waals surface area contributed by atoms with Crippen LogP contribution in [0.3, 0.4) is 0 Å². The van der Waals surface area contributed by atoms with E-state index < -0.39 is 24.1 Å². The first-order chi connectivity index (χ1) is 15.9. The summed E-state index contributed by atoms with van der Waals surface area (Å²) in [5.41, 5.74) is 0.980. The molecule has 0 amide bonds. The van der Waals surface area contributed by atoms with Crippen LogP contribution in [0.5, 0.6) is 5.75 Å². The lowest BCUT2D eigenvalue weighted by atomic mass is 9.95. The van der Waals surface area contributed by atoms with Gasteiger partial charge in [-0.2, -0.15) is 8.78 Å². The van der Waals surface area contributed by atoms with Crippen LogP contribution in [0.4, 0.5) is 22.0 Å². The van der Waals surface area contributed by atoms with Crippen molar-refractivity contribution in [3.05, 3.63) is 102 Å². The minimum Gasteiger partial charge on any atom is -0.435 e. The SMILES string of the molecule is C=CCCc1ccc2c(F)c(-c3cc(F)c(-c4ccc(OC(F)F)cc4)c(F)c3)ccc2c1. The smallest absolute Gasteiger partial charge is 0.387 e. The van der Waals surface area contributed by atoms with Crippen LogP contribution in [-0.4, -0.2) is 6.61 Å². The highest BCUT2D eigenvalue weighted by molar-refractivity contribution is 5.89. The molecule has 0 aliphatic rings. The van der Waals surface area contributed by atoms with Gasteiger partial charge in [0.05, 0.1) is 5.56 Å². The summed E-state index contributed by atoms with van der Waals surface area (Å²) in [6.45, 7) is 0.696. The number of halogens is 5. The Hall–Kier alpha value is -3.67. The number of benzene rings is 4. The number of rotatable bonds is 7. The van der Waals surface area contributed by atoms with E-state index in [0.717, 1.165) is 30.5 Å². The normalized spacial score (nSPS) is 11.2. The minimum absolute atomic E-state index is 0.0570. The Morgan fingerprint density at radius 2 is 1.52 bits per heavy atom. The molecule has 0 fully saturated rings. The Labute approximate surface area is 187 Å². The molecule has 33 heavy (non-hydrogen) atoms. The molecule has 4 rings (SSSR count). The van der Waals surface area contributed by atoms with Gasteiger partial charge in [-0.1, -0.05) is 48.5 Å². The van der Waals surface area contributed by atoms with Gasteiger partial charge in [-0.25, -0.2) is 13.2 Å². The highest BCUT2D eigenvalue weighted by Crippen LogP contribution is 2.35. The van der Waals surface area contributed by atoms with E-state index >= 15 is 4.39 Å². The molecule has 0 saturated heterocycles. The molecular formula is C27H19F5O. The second-order valence-corrected chi connectivity index (χ2v) is 7.53. The third-order valence-electron chi connectivity index (χ3n) is 5.38. The number of alkyl halides is 2. The molecule has 0 aromatic heterocycles. The summed E-state index contributed by atoms with van der Waals surface area (Å²) in [5, 5.41) is 1.05. The van der Waals surface area contributed by atoms with Crippen molar-refractivity contribution in [3.63, 3.8) is 0 Å². The summed E-state index contributed by atoms with van der Waals surface area (Å²) in [6, 6.07) is 15.7. The largest absolute Gasteiger partial charge is 0.435 e. The van der Waals surface area contributed by atoms with Crippen LogP contribution in [0.15, 0.2) is 79.4 Å². The molecule has 0 unspecified atom stereocenters. The van der Waals surface area contributed by atoms with E-state index in [2.05, 4.69) is 11.3 Å². The van der Waals surface area contributed by atoms with Crippen molar-refractivity contribution in [3.8, 4) is 28.0 Å². The van der Waals surface area contributed by atoms with E-state index in [1.54, 1.807) is 12.1 Å². The van der Waals surface area contributed by atoms with Crippen LogP contribution in [-0.2, 0) is 6.42 Å². The average Bonchev–Trinajstić information content (AvgIpc) is 2.78. The maximum absolute atomic E-state index is 15.2. The van der Waals surface area contributed by atoms with Crippen molar-refractivity contribution < 1.29 is 26.7 Å². The van der Waals surface area contributed by atoms with Gasteiger partial charge in [-0.15, -0.1) is 6.58 Å². The zero-order chi connectivity index (χ0) is 23.5. The number of allylic oxidation sites excluding steroid dienone is 1. The Kier molecular flexibility index (Phi) is 6.45. The van der Waals surface area contributed by atoms with Crippen LogP contribution in [0.2, 0.25) is 0 Å². The fourth-order valence-electron chi connectivity index (χ4n) is 3.80. The predicted molar refractivity (Wildman–Crippen MR) is 120 cm³/mol. The van der Waals surface area contributed by atoms with Gasteiger partial charge in [0, 0.05) is 10.9 Å². The van der Waals surface area contributed by atoms with Gasteiger partial charge in [0.15, 0.2) is 0 Å². The molecule has 0 bridgehead atoms. The highest BCUT2D eigenvalue weighted by Gasteiger charge is 2.17. The topological polar surface area (TPSA) is 9.23 Å². The van der Waals surface area contributed by atoms with Crippen molar-refractivity contribution in [2.75, 3.05) is 0 Å². The van der Waals surface area contributed by atoms with Gasteiger partial charge in [-0.05, 0) is 59.2 Å². The van der Waals surface area contributed by atoms with Gasteiger partial charge >= 0.3 is 6.61 Å². The minimum atomic E-state index is -3.00. The monoisotopic (exact) mass is 454 g/mol. The predicted octanol–water partition coefficient (Wildman–Crippen LogP) is 8.31. The van der Waals surface area contributed by atoms with Gasteiger partial charge in [0.2, 0.25) is 0 Å². The lowest BCUT2D eigenvalue weighted by molar-refractivity contribution is -0.0498. The fraction of sp³-hybridized carbons (Fsp3) is 0.111. The maximum atomic E-state index is 15.2. The van der Waals surface area contributed by atoms with E-state index in [1.807, 2.05) is 18.2 Å². The molecule has 168 valence electrons. The zero-order valence-corrected chi connectivity index (χ0v) is 17.4. The standard InChI is InChI=1S/C27H19F5O/c1-2-3-4-16-5-11-21-18(13-16)8-12-22(26(21)30)19-14-23(28)25(24(29)15-19)17-6-9-20(10-7-17)33-27(31)32/h2,5-15,27H,1,3-4H2. The molecule has 0 radical (unpaired) electrons. The molecule has 1 nitrogen and oxygen atoms in total. The van der Waals surface area contributed by atoms with E-state index in [-0.39, 0.29) is 28.0 Å². The average molecular weight is 454 g/mol. The zero-order valence-electron chi connectivity index (χ0n) is 17.4. The van der Waals surface area contributed by atoms with Crippen molar-refractivity contribution in [1.29, 1.82) is 0 Å². The molecule has 0 spiro atoms. The fourth-order valence-corrected chi connectivity index (χ4v) is 3.80. The summed E-state index contributed by atoms with van der Waals surface area (Å²) >= 11 is 0. The quantitative estimate of drug-likeness (QED) is 0.202. The van der Waals surface area contributed by atoms with E-state index in [4.69, 9.17) is 0 Å². The molecule has 0 aliphatic carbocycles. The Balaban J connectivity index is 1.70. The summed E-state index contributed by atoms with van der Waals surface area (Å²) in [5.74, 6) is -2.49. The van der Waals surface area contributed by atoms with Crippen LogP contribution in [0.25, 0.3) is 33.0 Å². The Morgan fingerprint density at radius 3 is 2.15 bits per heavy atom. The molecule has 6 heteroatoms. The number of ether oxygens (including phenoxy) is 1. The molecule has 4 aromatic carbocycles. The van der Waals surface area contributed by atoms with Crippen molar-refractivity contribution in [2.24, 2.45) is 0 Å². The van der Waals surface area contributed by atoms with E-state index in [9.17, 15) is 17.6 Å². The van der Waals surface area contributed by atoms with Crippen molar-refractivity contribution >= 4 is 10.8 Å². The highest BCUT2D eigenvalue weighted by atomic mass is 19.3. The van der Waals surface area contributed by atoms with Gasteiger partial charge in [0.1, 0.15) is 23.2 Å². The molecule has 0 N–H and O–H groups in total. The van der Waals surface area contributed by atoms with E-state index in [1.165, 1.54) is 30.3 Å². The lowest BCUT2D eigenvalue weighted by Gasteiger charge is -2.12. The second kappa shape index (κ2) is 9.45. The number of fused-ring (bicyclic) bond motifs is 1. The van der Waals surface area contributed by atoms with Gasteiger partial charge in [0.25, 0.3) is 0 Å². The van der Waals surface area contributed by atoms with Gasteiger partial charge < -0.3 is 4.74 Å². The molecule has 0 heterocycles. The lowest BCUT2D eigenvalue weighted by Crippen LogP contribution is -2.01. The molecule has 0 aliphatic heterocycles. The number of aryl methyl sites for hydroxylation is 1. The summed E-state index contributed by atoms with van der Waals surface area (Å²) in [4.78, 5) is 0. The van der Waals surface area contributed by atoms with Crippen molar-refractivity contribution in [1.82, 2.24) is 0 Å². The van der Waals surface area contributed by atoms with Crippen LogP contribution in [0, 0.1) is 17.5 Å². The van der Waals surface area contributed by atoms with Crippen molar-refractivity contribution in [2.45, 2.75) is 19.5 Å².